The molecule has 0 heterocycles. The van der Waals surface area contributed by atoms with Crippen molar-refractivity contribution in [3.05, 3.63) is 0 Å². The Kier molecular flexibility index (Phi) is 8.57. The van der Waals surface area contributed by atoms with E-state index < -0.39 is 12.1 Å². The van der Waals surface area contributed by atoms with Gasteiger partial charge in [-0.05, 0) is 25.2 Å². The molecule has 0 aliphatic heterocycles. The SMILES string of the molecule is CCOC(=O)OC(=O)C[C@H](CC(=O)OC)CC(C)C. The summed E-state index contributed by atoms with van der Waals surface area (Å²) in [6, 6.07) is 0. The number of methoxy groups -OCH3 is 1. The normalized spacial score (nSPS) is 11.8. The molecule has 0 saturated carbocycles. The zero-order valence-electron chi connectivity index (χ0n) is 11.9. The van der Waals surface area contributed by atoms with E-state index in [9.17, 15) is 14.4 Å². The second-order valence-electron chi connectivity index (χ2n) is 4.64. The second-order valence-corrected chi connectivity index (χ2v) is 4.64. The lowest BCUT2D eigenvalue weighted by Gasteiger charge is -2.16. The molecule has 0 bridgehead atoms. The fourth-order valence-electron chi connectivity index (χ4n) is 1.74. The third-order valence-electron chi connectivity index (χ3n) is 2.40. The summed E-state index contributed by atoms with van der Waals surface area (Å²) in [6.07, 6.45) is -0.208. The Bertz CT molecular complexity index is 310. The first-order chi connectivity index (χ1) is 8.88. The van der Waals surface area contributed by atoms with Crippen LogP contribution in [0.4, 0.5) is 4.79 Å². The van der Waals surface area contributed by atoms with Crippen LogP contribution in [0.25, 0.3) is 0 Å². The minimum absolute atomic E-state index is 0.00784. The summed E-state index contributed by atoms with van der Waals surface area (Å²) in [5.41, 5.74) is 0. The molecule has 0 saturated heterocycles. The van der Waals surface area contributed by atoms with Gasteiger partial charge in [-0.1, -0.05) is 13.8 Å². The van der Waals surface area contributed by atoms with Crippen molar-refractivity contribution in [2.75, 3.05) is 13.7 Å². The van der Waals surface area contributed by atoms with Gasteiger partial charge in [0, 0.05) is 12.8 Å². The Balaban J connectivity index is 4.33. The molecule has 6 nitrogen and oxygen atoms in total. The zero-order valence-corrected chi connectivity index (χ0v) is 11.9. The van der Waals surface area contributed by atoms with E-state index in [0.717, 1.165) is 0 Å². The van der Waals surface area contributed by atoms with Gasteiger partial charge in [-0.2, -0.15) is 0 Å². The number of carbonyl (C=O) groups excluding carboxylic acids is 3. The number of esters is 2. The molecule has 1 atom stereocenters. The molecular weight excluding hydrogens is 252 g/mol. The van der Waals surface area contributed by atoms with Crippen LogP contribution < -0.4 is 0 Å². The molecule has 0 radical (unpaired) electrons. The summed E-state index contributed by atoms with van der Waals surface area (Å²) in [7, 11) is 1.30. The van der Waals surface area contributed by atoms with Crippen molar-refractivity contribution >= 4 is 18.1 Å². The van der Waals surface area contributed by atoms with Gasteiger partial charge in [-0.15, -0.1) is 0 Å². The van der Waals surface area contributed by atoms with Crippen molar-refractivity contribution in [3.8, 4) is 0 Å². The molecule has 0 aromatic rings. The van der Waals surface area contributed by atoms with Gasteiger partial charge in [-0.25, -0.2) is 4.79 Å². The van der Waals surface area contributed by atoms with Crippen LogP contribution in [0.5, 0.6) is 0 Å². The van der Waals surface area contributed by atoms with E-state index in [0.29, 0.717) is 12.3 Å². The molecule has 0 rings (SSSR count). The van der Waals surface area contributed by atoms with Crippen LogP contribution in [0.15, 0.2) is 0 Å². The van der Waals surface area contributed by atoms with Crippen LogP contribution in [0, 0.1) is 11.8 Å². The van der Waals surface area contributed by atoms with Crippen LogP contribution >= 0.6 is 0 Å². The minimum Gasteiger partial charge on any atom is -0.469 e. The summed E-state index contributed by atoms with van der Waals surface area (Å²) < 4.78 is 13.6. The summed E-state index contributed by atoms with van der Waals surface area (Å²) in [5, 5.41) is 0. The highest BCUT2D eigenvalue weighted by molar-refractivity contribution is 5.82. The molecule has 0 N–H and O–H groups in total. The molecule has 0 aliphatic rings. The number of carbonyl (C=O) groups is 3. The molecule has 6 heteroatoms. The van der Waals surface area contributed by atoms with Gasteiger partial charge < -0.3 is 14.2 Å². The zero-order chi connectivity index (χ0) is 14.8. The van der Waals surface area contributed by atoms with E-state index in [1.165, 1.54) is 7.11 Å². The lowest BCUT2D eigenvalue weighted by Crippen LogP contribution is -2.20. The maximum atomic E-state index is 11.5. The van der Waals surface area contributed by atoms with Crippen LogP contribution in [-0.4, -0.2) is 31.8 Å². The number of rotatable bonds is 7. The summed E-state index contributed by atoms with van der Waals surface area (Å²) in [4.78, 5) is 33.7. The largest absolute Gasteiger partial charge is 0.516 e. The lowest BCUT2D eigenvalue weighted by molar-refractivity contribution is -0.144. The van der Waals surface area contributed by atoms with Crippen molar-refractivity contribution < 1.29 is 28.6 Å². The molecule has 110 valence electrons. The van der Waals surface area contributed by atoms with E-state index in [2.05, 4.69) is 14.2 Å². The highest BCUT2D eigenvalue weighted by atomic mass is 16.7. The molecular formula is C13H22O6. The predicted molar refractivity (Wildman–Crippen MR) is 67.3 cm³/mol. The van der Waals surface area contributed by atoms with E-state index in [4.69, 9.17) is 0 Å². The van der Waals surface area contributed by atoms with Gasteiger partial charge in [0.2, 0.25) is 0 Å². The molecule has 0 unspecified atom stereocenters. The van der Waals surface area contributed by atoms with Crippen molar-refractivity contribution in [1.82, 2.24) is 0 Å². The van der Waals surface area contributed by atoms with Gasteiger partial charge in [0.25, 0.3) is 0 Å². The first-order valence-electron chi connectivity index (χ1n) is 6.33. The van der Waals surface area contributed by atoms with Crippen molar-refractivity contribution in [1.29, 1.82) is 0 Å². The van der Waals surface area contributed by atoms with Crippen molar-refractivity contribution in [3.63, 3.8) is 0 Å². The van der Waals surface area contributed by atoms with E-state index in [1.807, 2.05) is 13.8 Å². The quantitative estimate of drug-likeness (QED) is 0.523. The van der Waals surface area contributed by atoms with Gasteiger partial charge in [0.15, 0.2) is 0 Å². The van der Waals surface area contributed by atoms with Crippen LogP contribution in [0.1, 0.15) is 40.0 Å². The summed E-state index contributed by atoms with van der Waals surface area (Å²) in [5.74, 6) is -0.943. The topological polar surface area (TPSA) is 78.9 Å². The molecule has 19 heavy (non-hydrogen) atoms. The van der Waals surface area contributed by atoms with Crippen molar-refractivity contribution in [2.45, 2.75) is 40.0 Å². The van der Waals surface area contributed by atoms with Crippen LogP contribution in [0.3, 0.4) is 0 Å². The Morgan fingerprint density at radius 1 is 1.05 bits per heavy atom. The average molecular weight is 274 g/mol. The number of ether oxygens (including phenoxy) is 3. The standard InChI is InChI=1S/C13H22O6/c1-5-18-13(16)19-12(15)8-10(6-9(2)3)7-11(14)17-4/h9-10H,5-8H2,1-4H3/t10-/m0/s1. The van der Waals surface area contributed by atoms with Crippen LogP contribution in [-0.2, 0) is 23.8 Å². The highest BCUT2D eigenvalue weighted by Crippen LogP contribution is 2.20. The Hall–Kier alpha value is -1.59. The molecule has 0 aromatic heterocycles. The first kappa shape index (κ1) is 17.4. The average Bonchev–Trinajstić information content (AvgIpc) is 2.27. The van der Waals surface area contributed by atoms with Crippen molar-refractivity contribution in [2.24, 2.45) is 11.8 Å². The maximum absolute atomic E-state index is 11.5. The smallest absolute Gasteiger partial charge is 0.469 e. The summed E-state index contributed by atoms with van der Waals surface area (Å²) in [6.45, 7) is 5.73. The lowest BCUT2D eigenvalue weighted by atomic mass is 9.91. The molecule has 0 aromatic carbocycles. The van der Waals surface area contributed by atoms with Gasteiger partial charge in [0.1, 0.15) is 0 Å². The van der Waals surface area contributed by atoms with Gasteiger partial charge in [0.05, 0.1) is 13.7 Å². The highest BCUT2D eigenvalue weighted by Gasteiger charge is 2.22. The third-order valence-corrected chi connectivity index (χ3v) is 2.40. The van der Waals surface area contributed by atoms with E-state index >= 15 is 0 Å². The molecule has 0 fully saturated rings. The number of hydrogen-bond acceptors (Lipinski definition) is 6. The van der Waals surface area contributed by atoms with Crippen LogP contribution in [0.2, 0.25) is 0 Å². The fourth-order valence-corrected chi connectivity index (χ4v) is 1.74. The van der Waals surface area contributed by atoms with E-state index in [1.54, 1.807) is 6.92 Å². The van der Waals surface area contributed by atoms with Gasteiger partial charge >= 0.3 is 18.1 Å². The molecule has 0 aliphatic carbocycles. The molecule has 0 spiro atoms. The Morgan fingerprint density at radius 3 is 2.11 bits per heavy atom. The van der Waals surface area contributed by atoms with Gasteiger partial charge in [-0.3, -0.25) is 9.59 Å². The predicted octanol–water partition coefficient (Wildman–Crippen LogP) is 2.30. The third kappa shape index (κ3) is 9.04. The second kappa shape index (κ2) is 9.35. The van der Waals surface area contributed by atoms with E-state index in [-0.39, 0.29) is 31.3 Å². The first-order valence-corrected chi connectivity index (χ1v) is 6.33. The summed E-state index contributed by atoms with van der Waals surface area (Å²) >= 11 is 0. The number of hydrogen-bond donors (Lipinski definition) is 0. The Morgan fingerprint density at radius 2 is 1.63 bits per heavy atom. The fraction of sp³-hybridized carbons (Fsp3) is 0.769. The Labute approximate surface area is 113 Å². The monoisotopic (exact) mass is 274 g/mol. The maximum Gasteiger partial charge on any atom is 0.516 e. The molecule has 0 amide bonds. The minimum atomic E-state index is -1.01.